The first kappa shape index (κ1) is 51.8. The number of carboxylic acid groups (broad SMARTS) is 1. The number of ether oxygens (including phenoxy) is 2. The summed E-state index contributed by atoms with van der Waals surface area (Å²) in [5.41, 5.74) is 4.45. The number of nitrogens with zero attached hydrogens (tertiary/aromatic N) is 4. The SMILES string of the molecule is C[C@@H](O)[C@H]1C(=O)N2C(C(=O)OCOC(=O)C(C)(C)C)=C(c3ccc(CC(=O)Nc4ccncc4)cc3)C[C@H]12.C[C@@H](O)[C@H]1C(=O)N2C(C(=O)[O-])=C(c3ccc(CC(=O)Nc4ccncc4)cc3)C[C@H]12.[Na+]. The van der Waals surface area contributed by atoms with Gasteiger partial charge in [-0.15, -0.1) is 0 Å². The summed E-state index contributed by atoms with van der Waals surface area (Å²) in [6.45, 7) is 7.54. The molecule has 69 heavy (non-hydrogen) atoms. The standard InChI is InChI=1S/C28H31N3O7.C22H21N3O5.Na/c1-16(32)23-21-14-20(24(31(21)25(23)34)26(35)37-15-38-27(36)28(2,3)4)18-7-5-17(6-8-18)13-22(33)30-19-9-11-29-12-10-19;1-12(26)19-17-11-16(20(22(29)30)25(17)21(19)28)14-4-2-13(3-5-14)10-18(27)24-15-6-8-23-9-7-15;/h5-12,16,21,23,32H,13-15H2,1-4H3,(H,29,30,33);2-9,12,17,19,26H,10-11H2,1H3,(H,29,30)(H,23,24,27);/q;;+1/p-1/t16-,21-,23-;12-,17-,19-;/m11./s1. The molecule has 8 rings (SSSR count). The number of amides is 4. The van der Waals surface area contributed by atoms with Gasteiger partial charge < -0.3 is 50.0 Å². The van der Waals surface area contributed by atoms with E-state index < -0.39 is 60.1 Å². The third-order valence-corrected chi connectivity index (χ3v) is 12.1. The van der Waals surface area contributed by atoms with Crippen LogP contribution in [-0.2, 0) is 55.9 Å². The molecule has 0 spiro atoms. The van der Waals surface area contributed by atoms with Crippen molar-refractivity contribution in [2.45, 2.75) is 84.6 Å². The summed E-state index contributed by atoms with van der Waals surface area (Å²) in [5.74, 6) is -5.07. The first-order valence-corrected chi connectivity index (χ1v) is 22.0. The van der Waals surface area contributed by atoms with E-state index in [0.29, 0.717) is 46.5 Å². The molecule has 2 saturated heterocycles. The minimum atomic E-state index is -1.41. The summed E-state index contributed by atoms with van der Waals surface area (Å²) in [4.78, 5) is 96.9. The Morgan fingerprint density at radius 3 is 1.43 bits per heavy atom. The Kier molecular flexibility index (Phi) is 16.4. The minimum Gasteiger partial charge on any atom is -0.543 e. The van der Waals surface area contributed by atoms with Crippen LogP contribution in [0.1, 0.15) is 69.7 Å². The number of carbonyl (C=O) groups is 7. The summed E-state index contributed by atoms with van der Waals surface area (Å²) >= 11 is 0. The average molecular weight is 951 g/mol. The van der Waals surface area contributed by atoms with Crippen LogP contribution in [0.4, 0.5) is 11.4 Å². The number of fused-ring (bicyclic) bond motifs is 2. The third kappa shape index (κ3) is 11.5. The number of aliphatic hydroxyl groups is 2. The topological polar surface area (TPSA) is 258 Å². The fourth-order valence-electron chi connectivity index (χ4n) is 8.75. The number of benzene rings is 2. The van der Waals surface area contributed by atoms with E-state index in [2.05, 4.69) is 20.6 Å². The Bertz CT molecular complexity index is 2670. The molecule has 2 aromatic heterocycles. The zero-order valence-corrected chi connectivity index (χ0v) is 41.0. The van der Waals surface area contributed by atoms with E-state index in [1.165, 1.54) is 16.7 Å². The molecule has 4 aromatic rings. The van der Waals surface area contributed by atoms with Crippen LogP contribution in [0.3, 0.4) is 0 Å². The zero-order valence-electron chi connectivity index (χ0n) is 39.0. The first-order valence-electron chi connectivity index (χ1n) is 22.0. The second-order valence-corrected chi connectivity index (χ2v) is 18.0. The van der Waals surface area contributed by atoms with E-state index in [9.17, 15) is 48.9 Å². The summed E-state index contributed by atoms with van der Waals surface area (Å²) in [5, 5.41) is 37.2. The predicted octanol–water partition coefficient (Wildman–Crippen LogP) is 0.0147. The number of hydrogen-bond donors (Lipinski definition) is 4. The van der Waals surface area contributed by atoms with Crippen molar-refractivity contribution < 1.29 is 87.9 Å². The number of aromatic nitrogens is 2. The van der Waals surface area contributed by atoms with Crippen molar-refractivity contribution in [2.24, 2.45) is 17.3 Å². The molecule has 4 N–H and O–H groups in total. The van der Waals surface area contributed by atoms with E-state index in [1.54, 1.807) is 125 Å². The summed E-state index contributed by atoms with van der Waals surface area (Å²) in [7, 11) is 0. The Balaban J connectivity index is 0.000000229. The molecule has 18 nitrogen and oxygen atoms in total. The summed E-state index contributed by atoms with van der Waals surface area (Å²) in [6.07, 6.45) is 5.65. The molecular formula is C50H51N6NaO12. The van der Waals surface area contributed by atoms with Gasteiger partial charge in [-0.25, -0.2) is 4.79 Å². The number of aliphatic carboxylic acids is 1. The van der Waals surface area contributed by atoms with Crippen molar-refractivity contribution >= 4 is 64.1 Å². The largest absolute Gasteiger partial charge is 1.00 e. The van der Waals surface area contributed by atoms with Gasteiger partial charge >= 0.3 is 41.5 Å². The van der Waals surface area contributed by atoms with Gasteiger partial charge in [0.05, 0.1) is 66.1 Å². The molecule has 354 valence electrons. The van der Waals surface area contributed by atoms with Gasteiger partial charge in [0.2, 0.25) is 30.4 Å². The van der Waals surface area contributed by atoms with Crippen molar-refractivity contribution in [3.63, 3.8) is 0 Å². The fourth-order valence-corrected chi connectivity index (χ4v) is 8.75. The quantitative estimate of drug-likeness (QED) is 0.0563. The number of aliphatic hydroxyl groups excluding tert-OH is 2. The molecule has 4 amide bonds. The van der Waals surface area contributed by atoms with Crippen LogP contribution in [0.2, 0.25) is 0 Å². The number of hydrogen-bond acceptors (Lipinski definition) is 14. The Morgan fingerprint density at radius 1 is 0.667 bits per heavy atom. The van der Waals surface area contributed by atoms with Crippen LogP contribution < -0.4 is 45.3 Å². The molecule has 4 aliphatic rings. The van der Waals surface area contributed by atoms with E-state index in [4.69, 9.17) is 9.47 Å². The first-order chi connectivity index (χ1) is 32.3. The van der Waals surface area contributed by atoms with Crippen molar-refractivity contribution in [3.05, 3.63) is 131 Å². The Labute approximate surface area is 420 Å². The van der Waals surface area contributed by atoms with Gasteiger partial charge in [-0.3, -0.25) is 33.9 Å². The zero-order chi connectivity index (χ0) is 49.0. The number of carboxylic acids is 1. The van der Waals surface area contributed by atoms with E-state index >= 15 is 0 Å². The molecule has 2 fully saturated rings. The molecule has 0 unspecified atom stereocenters. The van der Waals surface area contributed by atoms with Crippen molar-refractivity contribution in [1.82, 2.24) is 19.8 Å². The maximum Gasteiger partial charge on any atom is 1.00 e. The molecule has 0 bridgehead atoms. The third-order valence-electron chi connectivity index (χ3n) is 12.1. The van der Waals surface area contributed by atoms with Gasteiger partial charge in [0.25, 0.3) is 0 Å². The normalized spacial score (nSPS) is 19.9. The van der Waals surface area contributed by atoms with Gasteiger partial charge in [0.15, 0.2) is 0 Å². The number of nitrogens with one attached hydrogen (secondary N) is 2. The van der Waals surface area contributed by atoms with Crippen LogP contribution in [-0.4, -0.2) is 103 Å². The predicted molar refractivity (Wildman–Crippen MR) is 242 cm³/mol. The van der Waals surface area contributed by atoms with Crippen molar-refractivity contribution in [2.75, 3.05) is 17.4 Å². The average Bonchev–Trinajstić information content (AvgIpc) is 3.81. The molecule has 19 heteroatoms. The molecule has 2 aromatic carbocycles. The maximum atomic E-state index is 13.1. The molecule has 0 aliphatic carbocycles. The van der Waals surface area contributed by atoms with Crippen LogP contribution in [0, 0.1) is 17.3 Å². The molecule has 0 saturated carbocycles. The maximum absolute atomic E-state index is 13.1. The number of pyridine rings is 2. The summed E-state index contributed by atoms with van der Waals surface area (Å²) in [6, 6.07) is 20.2. The van der Waals surface area contributed by atoms with E-state index in [1.807, 2.05) is 0 Å². The molecule has 0 radical (unpaired) electrons. The van der Waals surface area contributed by atoms with E-state index in [-0.39, 0.29) is 83.6 Å². The molecular weight excluding hydrogens is 900 g/mol. The van der Waals surface area contributed by atoms with Gasteiger partial charge in [0.1, 0.15) is 5.70 Å². The van der Waals surface area contributed by atoms with Crippen molar-refractivity contribution in [1.29, 1.82) is 0 Å². The second kappa shape index (κ2) is 21.8. The number of carbonyl (C=O) groups excluding carboxylic acids is 7. The Hall–Kier alpha value is -6.57. The van der Waals surface area contributed by atoms with Crippen LogP contribution in [0.25, 0.3) is 11.1 Å². The molecule has 6 atom stereocenters. The van der Waals surface area contributed by atoms with Crippen LogP contribution >= 0.6 is 0 Å². The monoisotopic (exact) mass is 950 g/mol. The smallest absolute Gasteiger partial charge is 0.543 e. The summed E-state index contributed by atoms with van der Waals surface area (Å²) < 4.78 is 10.3. The van der Waals surface area contributed by atoms with Crippen LogP contribution in [0.5, 0.6) is 0 Å². The fraction of sp³-hybridized carbons (Fsp3) is 0.340. The number of rotatable bonds is 14. The second-order valence-electron chi connectivity index (χ2n) is 18.0. The van der Waals surface area contributed by atoms with Crippen LogP contribution in [0.15, 0.2) is 109 Å². The van der Waals surface area contributed by atoms with Gasteiger partial charge in [0, 0.05) is 36.2 Å². The number of β-lactam (4-membered cyclic amide) rings is 2. The number of esters is 2. The Morgan fingerprint density at radius 2 is 1.06 bits per heavy atom. The van der Waals surface area contributed by atoms with Gasteiger partial charge in [-0.05, 0) is 105 Å². The molecule has 6 heterocycles. The van der Waals surface area contributed by atoms with Gasteiger partial charge in [-0.2, -0.15) is 0 Å². The number of anilines is 2. The molecule has 4 aliphatic heterocycles. The van der Waals surface area contributed by atoms with Crippen molar-refractivity contribution in [3.8, 4) is 0 Å². The minimum absolute atomic E-state index is 0. The van der Waals surface area contributed by atoms with E-state index in [0.717, 1.165) is 11.1 Å². The van der Waals surface area contributed by atoms with Gasteiger partial charge in [-0.1, -0.05) is 48.5 Å².